The topological polar surface area (TPSA) is 51.0 Å². The van der Waals surface area contributed by atoms with Gasteiger partial charge in [-0.3, -0.25) is 4.79 Å². The summed E-state index contributed by atoms with van der Waals surface area (Å²) in [7, 11) is 0. The van der Waals surface area contributed by atoms with E-state index in [9.17, 15) is 4.79 Å². The molecule has 0 aliphatic carbocycles. The molecular formula is C17H21ClN4O. The second-order valence-corrected chi connectivity index (χ2v) is 6.61. The second kappa shape index (κ2) is 6.32. The number of carbonyl (C=O) groups excluding carboxylic acids is 1. The highest BCUT2D eigenvalue weighted by molar-refractivity contribution is 6.31. The number of hydrogen-bond acceptors (Lipinski definition) is 3. The fourth-order valence-corrected chi connectivity index (χ4v) is 3.11. The average molecular weight is 333 g/mol. The number of benzene rings is 1. The predicted molar refractivity (Wildman–Crippen MR) is 90.2 cm³/mol. The Morgan fingerprint density at radius 3 is 2.74 bits per heavy atom. The molecule has 2 heterocycles. The summed E-state index contributed by atoms with van der Waals surface area (Å²) in [4.78, 5) is 16.2. The molecule has 0 spiro atoms. The first kappa shape index (κ1) is 16.0. The maximum atomic E-state index is 12.8. The Bertz CT molecular complexity index is 740. The van der Waals surface area contributed by atoms with Gasteiger partial charge in [-0.05, 0) is 57.7 Å². The summed E-state index contributed by atoms with van der Waals surface area (Å²) in [6.07, 6.45) is 3.28. The lowest BCUT2D eigenvalue weighted by Crippen LogP contribution is -2.42. The molecule has 1 saturated heterocycles. The summed E-state index contributed by atoms with van der Waals surface area (Å²) in [6, 6.07) is 5.89. The fourth-order valence-electron chi connectivity index (χ4n) is 2.93. The first-order chi connectivity index (χ1) is 11.0. The van der Waals surface area contributed by atoms with E-state index in [-0.39, 0.29) is 11.9 Å². The van der Waals surface area contributed by atoms with E-state index in [2.05, 4.69) is 17.1 Å². The summed E-state index contributed by atoms with van der Waals surface area (Å²) < 4.78 is 0. The van der Waals surface area contributed by atoms with Gasteiger partial charge in [-0.1, -0.05) is 17.7 Å². The Hall–Kier alpha value is -1.88. The van der Waals surface area contributed by atoms with Crippen LogP contribution in [-0.2, 0) is 0 Å². The Morgan fingerprint density at radius 2 is 2.04 bits per heavy atom. The smallest absolute Gasteiger partial charge is 0.276 e. The number of aromatic nitrogens is 3. The second-order valence-electron chi connectivity index (χ2n) is 6.20. The number of rotatable bonds is 2. The van der Waals surface area contributed by atoms with Crippen molar-refractivity contribution in [2.75, 3.05) is 6.54 Å². The molecule has 122 valence electrons. The van der Waals surface area contributed by atoms with E-state index in [0.29, 0.717) is 16.4 Å². The van der Waals surface area contributed by atoms with Gasteiger partial charge >= 0.3 is 0 Å². The van der Waals surface area contributed by atoms with Crippen molar-refractivity contribution in [3.8, 4) is 5.69 Å². The minimum atomic E-state index is -0.0286. The number of hydrogen-bond donors (Lipinski definition) is 0. The van der Waals surface area contributed by atoms with E-state index in [4.69, 9.17) is 11.6 Å². The van der Waals surface area contributed by atoms with Gasteiger partial charge in [0.1, 0.15) is 0 Å². The SMILES string of the molecule is Cc1ccc(-n2nc(C)c(C(=O)N3CCCCC3C)n2)cc1Cl. The third-order valence-corrected chi connectivity index (χ3v) is 4.84. The third kappa shape index (κ3) is 3.11. The molecule has 1 unspecified atom stereocenters. The van der Waals surface area contributed by atoms with Crippen LogP contribution in [0.5, 0.6) is 0 Å². The molecule has 1 atom stereocenters. The molecule has 2 aromatic rings. The van der Waals surface area contributed by atoms with Crippen LogP contribution in [0.4, 0.5) is 0 Å². The van der Waals surface area contributed by atoms with Crippen molar-refractivity contribution in [2.45, 2.75) is 46.1 Å². The summed E-state index contributed by atoms with van der Waals surface area (Å²) in [5, 5.41) is 9.47. The summed E-state index contributed by atoms with van der Waals surface area (Å²) >= 11 is 6.17. The lowest BCUT2D eigenvalue weighted by molar-refractivity contribution is 0.0628. The molecule has 1 aliphatic heterocycles. The van der Waals surface area contributed by atoms with E-state index < -0.39 is 0 Å². The molecule has 0 radical (unpaired) electrons. The first-order valence-electron chi connectivity index (χ1n) is 7.99. The molecule has 0 saturated carbocycles. The molecule has 3 rings (SSSR count). The van der Waals surface area contributed by atoms with Gasteiger partial charge in [0.15, 0.2) is 5.69 Å². The lowest BCUT2D eigenvalue weighted by Gasteiger charge is -2.32. The van der Waals surface area contributed by atoms with Crippen molar-refractivity contribution in [1.29, 1.82) is 0 Å². The zero-order chi connectivity index (χ0) is 16.6. The van der Waals surface area contributed by atoms with Crippen molar-refractivity contribution in [2.24, 2.45) is 0 Å². The van der Waals surface area contributed by atoms with Crippen LogP contribution in [0, 0.1) is 13.8 Å². The monoisotopic (exact) mass is 332 g/mol. The van der Waals surface area contributed by atoms with Gasteiger partial charge in [0.2, 0.25) is 0 Å². The van der Waals surface area contributed by atoms with Gasteiger partial charge < -0.3 is 4.90 Å². The maximum absolute atomic E-state index is 12.8. The van der Waals surface area contributed by atoms with Crippen molar-refractivity contribution in [3.05, 3.63) is 40.2 Å². The zero-order valence-corrected chi connectivity index (χ0v) is 14.5. The molecule has 0 bridgehead atoms. The van der Waals surface area contributed by atoms with E-state index in [1.54, 1.807) is 0 Å². The molecule has 1 aromatic heterocycles. The number of aryl methyl sites for hydroxylation is 2. The molecule has 1 aliphatic rings. The number of halogens is 1. The Labute approximate surface area is 141 Å². The van der Waals surface area contributed by atoms with Crippen LogP contribution in [-0.4, -0.2) is 38.4 Å². The van der Waals surface area contributed by atoms with E-state index in [0.717, 1.165) is 30.6 Å². The van der Waals surface area contributed by atoms with Gasteiger partial charge in [0, 0.05) is 17.6 Å². The summed E-state index contributed by atoms with van der Waals surface area (Å²) in [6.45, 7) is 6.65. The molecule has 6 heteroatoms. The van der Waals surface area contributed by atoms with Gasteiger partial charge in [0.25, 0.3) is 5.91 Å². The average Bonchev–Trinajstić information content (AvgIpc) is 2.92. The fraction of sp³-hybridized carbons (Fsp3) is 0.471. The van der Waals surface area contributed by atoms with E-state index >= 15 is 0 Å². The van der Waals surface area contributed by atoms with Crippen molar-refractivity contribution >= 4 is 17.5 Å². The van der Waals surface area contributed by atoms with Crippen LogP contribution in [0.2, 0.25) is 5.02 Å². The number of carbonyl (C=O) groups is 1. The highest BCUT2D eigenvalue weighted by Crippen LogP contribution is 2.21. The maximum Gasteiger partial charge on any atom is 0.276 e. The van der Waals surface area contributed by atoms with Gasteiger partial charge in [-0.15, -0.1) is 5.10 Å². The number of amides is 1. The van der Waals surface area contributed by atoms with Crippen LogP contribution in [0.3, 0.4) is 0 Å². The van der Waals surface area contributed by atoms with Crippen molar-refractivity contribution in [3.63, 3.8) is 0 Å². The van der Waals surface area contributed by atoms with E-state index in [1.165, 1.54) is 11.2 Å². The normalized spacial score (nSPS) is 18.3. The zero-order valence-electron chi connectivity index (χ0n) is 13.7. The van der Waals surface area contributed by atoms with Gasteiger partial charge in [-0.25, -0.2) is 0 Å². The van der Waals surface area contributed by atoms with Crippen LogP contribution in [0.1, 0.15) is 47.9 Å². The Kier molecular flexibility index (Phi) is 4.39. The van der Waals surface area contributed by atoms with Crippen LogP contribution < -0.4 is 0 Å². The summed E-state index contributed by atoms with van der Waals surface area (Å²) in [5.41, 5.74) is 2.83. The molecular weight excluding hydrogens is 312 g/mol. The van der Waals surface area contributed by atoms with Crippen molar-refractivity contribution < 1.29 is 4.79 Å². The van der Waals surface area contributed by atoms with E-state index in [1.807, 2.05) is 36.9 Å². The molecule has 5 nitrogen and oxygen atoms in total. The predicted octanol–water partition coefficient (Wildman–Crippen LogP) is 3.55. The third-order valence-electron chi connectivity index (χ3n) is 4.43. The molecule has 0 N–H and O–H groups in total. The molecule has 1 fully saturated rings. The quantitative estimate of drug-likeness (QED) is 0.845. The first-order valence-corrected chi connectivity index (χ1v) is 8.36. The van der Waals surface area contributed by atoms with Crippen molar-refractivity contribution in [1.82, 2.24) is 19.9 Å². The minimum absolute atomic E-state index is 0.0286. The summed E-state index contributed by atoms with van der Waals surface area (Å²) in [5.74, 6) is -0.0286. The van der Waals surface area contributed by atoms with Crippen LogP contribution in [0.25, 0.3) is 5.69 Å². The number of likely N-dealkylation sites (tertiary alicyclic amines) is 1. The molecule has 1 aromatic carbocycles. The Morgan fingerprint density at radius 1 is 1.26 bits per heavy atom. The highest BCUT2D eigenvalue weighted by atomic mass is 35.5. The number of nitrogens with zero attached hydrogens (tertiary/aromatic N) is 4. The van der Waals surface area contributed by atoms with Crippen LogP contribution in [0.15, 0.2) is 18.2 Å². The molecule has 23 heavy (non-hydrogen) atoms. The number of piperidine rings is 1. The lowest BCUT2D eigenvalue weighted by atomic mass is 10.0. The minimum Gasteiger partial charge on any atom is -0.334 e. The van der Waals surface area contributed by atoms with Crippen LogP contribution >= 0.6 is 11.6 Å². The van der Waals surface area contributed by atoms with Gasteiger partial charge in [-0.2, -0.15) is 9.90 Å². The Balaban J connectivity index is 1.91. The van der Waals surface area contributed by atoms with Gasteiger partial charge in [0.05, 0.1) is 11.4 Å². The standard InChI is InChI=1S/C17H21ClN4O/c1-11-7-8-14(10-15(11)18)22-19-13(3)16(20-22)17(23)21-9-5-4-6-12(21)2/h7-8,10,12H,4-6,9H2,1-3H3. The highest BCUT2D eigenvalue weighted by Gasteiger charge is 2.28. The molecule has 1 amide bonds. The largest absolute Gasteiger partial charge is 0.334 e.